The Labute approximate surface area is 453 Å². The van der Waals surface area contributed by atoms with E-state index in [1.54, 1.807) is 0 Å². The molecule has 0 aromatic heterocycles. The molecule has 0 rings (SSSR count). The van der Waals surface area contributed by atoms with Crippen LogP contribution >= 0.6 is 7.82 Å². The first-order valence-corrected chi connectivity index (χ1v) is 31.7. The summed E-state index contributed by atoms with van der Waals surface area (Å²) < 4.78 is 39.6. The number of hydrogen-bond acceptors (Lipinski definition) is 10. The van der Waals surface area contributed by atoms with Crippen molar-refractivity contribution in [2.75, 3.05) is 26.4 Å². The van der Waals surface area contributed by atoms with Crippen molar-refractivity contribution in [3.8, 4) is 0 Å². The van der Waals surface area contributed by atoms with Crippen LogP contribution in [0.15, 0.2) is 60.8 Å². The molecule has 0 heterocycles. The van der Waals surface area contributed by atoms with Crippen LogP contribution in [0, 0.1) is 0 Å². The van der Waals surface area contributed by atoms with Gasteiger partial charge < -0.3 is 24.2 Å². The molecule has 74 heavy (non-hydrogen) atoms. The number of rotatable bonds is 56. The van der Waals surface area contributed by atoms with Crippen LogP contribution < -0.4 is 0 Å². The molecular formula is C62H111O11P. The van der Waals surface area contributed by atoms with E-state index in [4.69, 9.17) is 23.3 Å². The number of unbranched alkanes of at least 4 members (excludes halogenated alkanes) is 29. The summed E-state index contributed by atoms with van der Waals surface area (Å²) >= 11 is 0. The van der Waals surface area contributed by atoms with E-state index in [0.717, 1.165) is 109 Å². The van der Waals surface area contributed by atoms with Gasteiger partial charge in [0.1, 0.15) is 12.7 Å². The van der Waals surface area contributed by atoms with Gasteiger partial charge in [-0.2, -0.15) is 0 Å². The van der Waals surface area contributed by atoms with Crippen LogP contribution in [0.2, 0.25) is 0 Å². The molecule has 0 saturated carbocycles. The lowest BCUT2D eigenvalue weighted by atomic mass is 10.0. The van der Waals surface area contributed by atoms with Crippen molar-refractivity contribution in [1.82, 2.24) is 0 Å². The minimum Gasteiger partial charge on any atom is -0.462 e. The normalized spacial score (nSPS) is 13.7. The third-order valence-electron chi connectivity index (χ3n) is 12.9. The van der Waals surface area contributed by atoms with E-state index in [0.29, 0.717) is 19.3 Å². The first-order chi connectivity index (χ1) is 36.2. The number of ether oxygens (including phenoxy) is 3. The molecule has 430 valence electrons. The zero-order valence-corrected chi connectivity index (χ0v) is 48.5. The monoisotopic (exact) mass is 1060 g/mol. The number of allylic oxidation sites excluding steroid dienone is 10. The molecule has 0 fully saturated rings. The summed E-state index contributed by atoms with van der Waals surface area (Å²) in [6.07, 6.45) is 61.7. The average molecular weight is 1060 g/mol. The maximum atomic E-state index is 12.9. The predicted octanol–water partition coefficient (Wildman–Crippen LogP) is 17.9. The van der Waals surface area contributed by atoms with E-state index in [1.165, 1.54) is 109 Å². The molecule has 11 nitrogen and oxygen atoms in total. The maximum absolute atomic E-state index is 12.9. The summed E-state index contributed by atoms with van der Waals surface area (Å²) in [5.41, 5.74) is 0. The summed E-state index contributed by atoms with van der Waals surface area (Å²) in [7, 11) is -4.75. The molecule has 0 saturated heterocycles. The van der Waals surface area contributed by atoms with Gasteiger partial charge in [-0.1, -0.05) is 236 Å². The first kappa shape index (κ1) is 71.2. The lowest BCUT2D eigenvalue weighted by Crippen LogP contribution is -2.30. The van der Waals surface area contributed by atoms with Crippen LogP contribution in [0.3, 0.4) is 0 Å². The zero-order chi connectivity index (χ0) is 54.1. The minimum absolute atomic E-state index is 0.155. The van der Waals surface area contributed by atoms with Crippen molar-refractivity contribution in [2.24, 2.45) is 0 Å². The molecule has 12 heteroatoms. The van der Waals surface area contributed by atoms with Gasteiger partial charge in [0.2, 0.25) is 0 Å². The van der Waals surface area contributed by atoms with Crippen molar-refractivity contribution in [3.05, 3.63) is 60.8 Å². The Kier molecular flexibility index (Phi) is 54.2. The Morgan fingerprint density at radius 2 is 0.703 bits per heavy atom. The molecule has 2 N–H and O–H groups in total. The summed E-state index contributed by atoms with van der Waals surface area (Å²) in [5, 5.41) is 9.83. The van der Waals surface area contributed by atoms with Gasteiger partial charge in [-0.05, 0) is 83.5 Å². The minimum atomic E-state index is -4.75. The Morgan fingerprint density at radius 1 is 0.392 bits per heavy atom. The molecule has 0 aromatic rings. The van der Waals surface area contributed by atoms with Crippen molar-refractivity contribution in [3.63, 3.8) is 0 Å². The molecular weight excluding hydrogens is 952 g/mol. The van der Waals surface area contributed by atoms with E-state index in [1.807, 2.05) is 0 Å². The van der Waals surface area contributed by atoms with E-state index in [9.17, 15) is 28.9 Å². The van der Waals surface area contributed by atoms with E-state index in [2.05, 4.69) is 81.5 Å². The molecule has 0 spiro atoms. The summed E-state index contributed by atoms with van der Waals surface area (Å²) in [4.78, 5) is 48.6. The number of phosphoric ester groups is 1. The van der Waals surface area contributed by atoms with Crippen LogP contribution in [0.4, 0.5) is 0 Å². The fourth-order valence-electron chi connectivity index (χ4n) is 8.34. The molecule has 0 aliphatic heterocycles. The maximum Gasteiger partial charge on any atom is 0.472 e. The second kappa shape index (κ2) is 56.4. The van der Waals surface area contributed by atoms with Gasteiger partial charge in [0.25, 0.3) is 0 Å². The van der Waals surface area contributed by atoms with Crippen molar-refractivity contribution in [2.45, 2.75) is 290 Å². The van der Waals surface area contributed by atoms with E-state index in [-0.39, 0.29) is 25.9 Å². The topological polar surface area (TPSA) is 155 Å². The first-order valence-electron chi connectivity index (χ1n) is 30.2. The van der Waals surface area contributed by atoms with Crippen LogP contribution in [-0.4, -0.2) is 66.5 Å². The van der Waals surface area contributed by atoms with Crippen molar-refractivity contribution >= 4 is 25.7 Å². The quantitative estimate of drug-likeness (QED) is 0.0197. The fraction of sp³-hybridized carbons (Fsp3) is 0.790. The fourth-order valence-corrected chi connectivity index (χ4v) is 9.13. The molecule has 0 aliphatic rings. The molecule has 3 atom stereocenters. The smallest absolute Gasteiger partial charge is 0.462 e. The number of carbonyl (C=O) groups is 3. The number of aliphatic hydroxyl groups is 1. The van der Waals surface area contributed by atoms with Crippen LogP contribution in [0.1, 0.15) is 278 Å². The molecule has 0 bridgehead atoms. The Bertz CT molecular complexity index is 1470. The SMILES string of the molecule is CC/C=C\C/C=C\C/C=C\CCCCCCCC(=O)OCC(COP(=O)(O)OCC(CO)OC(=O)CCCCCCCCCCCCCCCCC)OC(=O)CCCCCCCCC/C=C\C/C=C\CCCCC. The van der Waals surface area contributed by atoms with E-state index >= 15 is 0 Å². The highest BCUT2D eigenvalue weighted by Crippen LogP contribution is 2.43. The number of aliphatic hydroxyl groups excluding tert-OH is 1. The van der Waals surface area contributed by atoms with Gasteiger partial charge in [-0.25, -0.2) is 4.57 Å². The second-order valence-corrected chi connectivity index (χ2v) is 21.6. The van der Waals surface area contributed by atoms with Gasteiger partial charge in [0, 0.05) is 19.3 Å². The average Bonchev–Trinajstić information content (AvgIpc) is 3.39. The largest absolute Gasteiger partial charge is 0.472 e. The Hall–Kier alpha value is -2.82. The van der Waals surface area contributed by atoms with Crippen LogP contribution in [-0.2, 0) is 42.2 Å². The number of carbonyl (C=O) groups excluding carboxylic acids is 3. The molecule has 0 amide bonds. The van der Waals surface area contributed by atoms with Gasteiger partial charge in [0.15, 0.2) is 6.10 Å². The number of phosphoric acid groups is 1. The highest BCUT2D eigenvalue weighted by atomic mass is 31.2. The lowest BCUT2D eigenvalue weighted by molar-refractivity contribution is -0.161. The van der Waals surface area contributed by atoms with Crippen LogP contribution in [0.25, 0.3) is 0 Å². The predicted molar refractivity (Wildman–Crippen MR) is 307 cm³/mol. The standard InChI is InChI=1S/C62H111O11P/c1-4-7-10-13-16-19-22-25-28-29-32-35-38-41-44-47-50-53-62(66)73-59(55-69-60(64)51-48-45-42-39-36-33-30-26-23-20-17-14-11-8-5-2)57-71-74(67,68)70-56-58(54-63)72-61(65)52-49-46-43-40-37-34-31-27-24-21-18-15-12-9-6-3/h8,11,16-17,19-20,25-26,28,30,58-59,63H,4-7,9-10,12-15,18,21-24,27,29,31-57H2,1-3H3,(H,67,68)/b11-8-,19-16-,20-17-,28-25-,30-26-. The Morgan fingerprint density at radius 3 is 1.11 bits per heavy atom. The lowest BCUT2D eigenvalue weighted by Gasteiger charge is -2.21. The number of esters is 3. The van der Waals surface area contributed by atoms with Crippen LogP contribution in [0.5, 0.6) is 0 Å². The zero-order valence-electron chi connectivity index (χ0n) is 47.6. The molecule has 0 aliphatic carbocycles. The van der Waals surface area contributed by atoms with Gasteiger partial charge >= 0.3 is 25.7 Å². The summed E-state index contributed by atoms with van der Waals surface area (Å²) in [6, 6.07) is 0. The third kappa shape index (κ3) is 54.0. The summed E-state index contributed by atoms with van der Waals surface area (Å²) in [5.74, 6) is -1.48. The highest BCUT2D eigenvalue weighted by molar-refractivity contribution is 7.47. The Balaban J connectivity index is 4.72. The van der Waals surface area contributed by atoms with Crippen molar-refractivity contribution < 1.29 is 52.2 Å². The highest BCUT2D eigenvalue weighted by Gasteiger charge is 2.28. The van der Waals surface area contributed by atoms with Gasteiger partial charge in [-0.3, -0.25) is 23.4 Å². The van der Waals surface area contributed by atoms with Gasteiger partial charge in [-0.15, -0.1) is 0 Å². The van der Waals surface area contributed by atoms with Gasteiger partial charge in [0.05, 0.1) is 19.8 Å². The summed E-state index contributed by atoms with van der Waals surface area (Å²) in [6.45, 7) is 4.52. The van der Waals surface area contributed by atoms with E-state index < -0.39 is 57.8 Å². The molecule has 0 radical (unpaired) electrons. The number of hydrogen-bond donors (Lipinski definition) is 2. The molecule has 3 unspecified atom stereocenters. The van der Waals surface area contributed by atoms with Crippen molar-refractivity contribution in [1.29, 1.82) is 0 Å². The third-order valence-corrected chi connectivity index (χ3v) is 13.9. The second-order valence-electron chi connectivity index (χ2n) is 20.1. The molecule has 0 aromatic carbocycles.